The topological polar surface area (TPSA) is 90.9 Å². The molecule has 2 aromatic carbocycles. The first-order valence-corrected chi connectivity index (χ1v) is 8.80. The second-order valence-corrected chi connectivity index (χ2v) is 6.18. The van der Waals surface area contributed by atoms with Crippen molar-refractivity contribution in [2.24, 2.45) is 0 Å². The Morgan fingerprint density at radius 2 is 1.96 bits per heavy atom. The van der Waals surface area contributed by atoms with Gasteiger partial charge in [-0.1, -0.05) is 13.0 Å². The third-order valence-corrected chi connectivity index (χ3v) is 4.29. The van der Waals surface area contributed by atoms with E-state index in [1.54, 1.807) is 23.8 Å². The van der Waals surface area contributed by atoms with Gasteiger partial charge in [0.15, 0.2) is 0 Å². The van der Waals surface area contributed by atoms with E-state index in [-0.39, 0.29) is 11.6 Å². The van der Waals surface area contributed by atoms with E-state index in [0.717, 1.165) is 11.5 Å². The van der Waals surface area contributed by atoms with Crippen LogP contribution in [-0.2, 0) is 6.42 Å². The molecule has 0 aliphatic rings. The third-order valence-electron chi connectivity index (χ3n) is 4.29. The molecule has 0 saturated carbocycles. The second kappa shape index (κ2) is 7.15. The monoisotopic (exact) mass is 378 g/mol. The minimum atomic E-state index is -0.340. The molecule has 0 spiro atoms. The lowest BCUT2D eigenvalue weighted by Crippen LogP contribution is -2.08. The van der Waals surface area contributed by atoms with E-state index in [4.69, 9.17) is 10.5 Å². The summed E-state index contributed by atoms with van der Waals surface area (Å²) in [4.78, 5) is 13.4. The molecule has 142 valence electrons. The first-order chi connectivity index (χ1) is 13.6. The largest absolute Gasteiger partial charge is 0.497 e. The van der Waals surface area contributed by atoms with E-state index in [0.29, 0.717) is 35.0 Å². The molecule has 3 N–H and O–H groups in total. The summed E-state index contributed by atoms with van der Waals surface area (Å²) >= 11 is 0. The van der Waals surface area contributed by atoms with Crippen molar-refractivity contribution in [2.45, 2.75) is 13.3 Å². The molecule has 0 aliphatic heterocycles. The van der Waals surface area contributed by atoms with E-state index in [2.05, 4.69) is 20.3 Å². The van der Waals surface area contributed by atoms with Gasteiger partial charge in [-0.25, -0.2) is 9.37 Å². The molecule has 4 aromatic rings. The van der Waals surface area contributed by atoms with Crippen LogP contribution in [-0.4, -0.2) is 26.6 Å². The molecular formula is C20H19FN6O. The van der Waals surface area contributed by atoms with Crippen LogP contribution in [0, 0.1) is 5.82 Å². The Kier molecular flexibility index (Phi) is 4.52. The number of nitrogens with one attached hydrogen (secondary N) is 1. The first kappa shape index (κ1) is 17.7. The van der Waals surface area contributed by atoms with Crippen LogP contribution in [0.5, 0.6) is 5.75 Å². The fourth-order valence-corrected chi connectivity index (χ4v) is 3.04. The Morgan fingerprint density at radius 3 is 2.75 bits per heavy atom. The van der Waals surface area contributed by atoms with Gasteiger partial charge in [-0.2, -0.15) is 9.97 Å². The first-order valence-electron chi connectivity index (χ1n) is 8.80. The van der Waals surface area contributed by atoms with E-state index in [1.807, 2.05) is 31.2 Å². The van der Waals surface area contributed by atoms with Gasteiger partial charge in [0.2, 0.25) is 5.95 Å². The summed E-state index contributed by atoms with van der Waals surface area (Å²) in [5.41, 5.74) is 8.09. The van der Waals surface area contributed by atoms with Crippen LogP contribution in [0.2, 0.25) is 0 Å². The Hall–Kier alpha value is -3.68. The summed E-state index contributed by atoms with van der Waals surface area (Å²) in [5, 5.41) is 3.13. The number of ether oxygens (including phenoxy) is 1. The van der Waals surface area contributed by atoms with Crippen LogP contribution in [0.3, 0.4) is 0 Å². The van der Waals surface area contributed by atoms with Gasteiger partial charge in [0.05, 0.1) is 18.1 Å². The number of hydrogen-bond donors (Lipinski definition) is 2. The van der Waals surface area contributed by atoms with Gasteiger partial charge in [-0.15, -0.1) is 0 Å². The van der Waals surface area contributed by atoms with E-state index in [9.17, 15) is 4.39 Å². The number of methoxy groups -OCH3 is 1. The van der Waals surface area contributed by atoms with Crippen molar-refractivity contribution in [3.63, 3.8) is 0 Å². The van der Waals surface area contributed by atoms with Crippen LogP contribution in [0.1, 0.15) is 12.7 Å². The van der Waals surface area contributed by atoms with E-state index in [1.165, 1.54) is 12.1 Å². The van der Waals surface area contributed by atoms with Crippen LogP contribution in [0.15, 0.2) is 48.5 Å². The van der Waals surface area contributed by atoms with Gasteiger partial charge >= 0.3 is 0 Å². The van der Waals surface area contributed by atoms with Crippen LogP contribution in [0.4, 0.5) is 21.8 Å². The molecule has 0 radical (unpaired) electrons. The zero-order valence-corrected chi connectivity index (χ0v) is 15.5. The van der Waals surface area contributed by atoms with Crippen molar-refractivity contribution in [2.75, 3.05) is 18.2 Å². The molecule has 28 heavy (non-hydrogen) atoms. The molecule has 4 rings (SSSR count). The average molecular weight is 378 g/mol. The number of nitrogens with two attached hydrogens (primary N) is 1. The molecule has 0 saturated heterocycles. The number of nitrogens with zero attached hydrogens (tertiary/aromatic N) is 4. The molecule has 0 amide bonds. The SMILES string of the molecule is CCc1nc2ccc(F)cc2n1-c1cc(N)nc(Nc2cccc(OC)c2)n1. The van der Waals surface area contributed by atoms with Crippen LogP contribution < -0.4 is 15.8 Å². The molecule has 0 fully saturated rings. The molecule has 0 atom stereocenters. The number of aryl methyl sites for hydroxylation is 1. The molecule has 2 aromatic heterocycles. The maximum atomic E-state index is 13.8. The molecule has 2 heterocycles. The van der Waals surface area contributed by atoms with Crippen LogP contribution >= 0.6 is 0 Å². The summed E-state index contributed by atoms with van der Waals surface area (Å²) in [5.74, 6) is 2.25. The lowest BCUT2D eigenvalue weighted by atomic mass is 10.3. The molecule has 0 aliphatic carbocycles. The lowest BCUT2D eigenvalue weighted by molar-refractivity contribution is 0.415. The smallest absolute Gasteiger partial charge is 0.231 e. The van der Waals surface area contributed by atoms with Crippen LogP contribution in [0.25, 0.3) is 16.9 Å². The van der Waals surface area contributed by atoms with Crippen molar-refractivity contribution in [3.05, 3.63) is 60.2 Å². The number of anilines is 3. The fraction of sp³-hybridized carbons (Fsp3) is 0.150. The minimum absolute atomic E-state index is 0.288. The average Bonchev–Trinajstić information content (AvgIpc) is 3.05. The number of benzene rings is 2. The highest BCUT2D eigenvalue weighted by Gasteiger charge is 2.15. The summed E-state index contributed by atoms with van der Waals surface area (Å²) in [6.07, 6.45) is 0.652. The molecule has 0 bridgehead atoms. The number of aromatic nitrogens is 4. The highest BCUT2D eigenvalue weighted by Crippen LogP contribution is 2.25. The molecule has 8 heteroatoms. The van der Waals surface area contributed by atoms with Crippen molar-refractivity contribution in [1.82, 2.24) is 19.5 Å². The van der Waals surface area contributed by atoms with Crippen molar-refractivity contribution in [3.8, 4) is 11.6 Å². The number of imidazole rings is 1. The predicted octanol–water partition coefficient (Wildman–Crippen LogP) is 3.85. The Balaban J connectivity index is 1.81. The van der Waals surface area contributed by atoms with Gasteiger partial charge in [0.1, 0.15) is 29.0 Å². The lowest BCUT2D eigenvalue weighted by Gasteiger charge is -2.11. The normalized spacial score (nSPS) is 11.0. The number of hydrogen-bond acceptors (Lipinski definition) is 6. The molecule has 0 unspecified atom stereocenters. The second-order valence-electron chi connectivity index (χ2n) is 6.18. The number of rotatable bonds is 5. The zero-order chi connectivity index (χ0) is 19.7. The highest BCUT2D eigenvalue weighted by molar-refractivity contribution is 5.78. The van der Waals surface area contributed by atoms with Crippen molar-refractivity contribution >= 4 is 28.5 Å². The van der Waals surface area contributed by atoms with Crippen molar-refractivity contribution in [1.29, 1.82) is 0 Å². The number of fused-ring (bicyclic) bond motifs is 1. The maximum Gasteiger partial charge on any atom is 0.231 e. The van der Waals surface area contributed by atoms with E-state index >= 15 is 0 Å². The third kappa shape index (κ3) is 3.32. The highest BCUT2D eigenvalue weighted by atomic mass is 19.1. The number of nitrogen functional groups attached to an aromatic ring is 1. The van der Waals surface area contributed by atoms with Crippen molar-refractivity contribution < 1.29 is 9.13 Å². The summed E-state index contributed by atoms with van der Waals surface area (Å²) in [6.45, 7) is 1.98. The standard InChI is InChI=1S/C20H19FN6O/c1-3-18-24-15-8-7-12(21)9-16(15)27(18)19-11-17(22)25-20(26-19)23-13-5-4-6-14(10-13)28-2/h4-11H,3H2,1-2H3,(H3,22,23,25,26). The zero-order valence-electron chi connectivity index (χ0n) is 15.5. The number of halogens is 1. The van der Waals surface area contributed by atoms with Gasteiger partial charge in [0, 0.05) is 30.3 Å². The Bertz CT molecular complexity index is 1160. The predicted molar refractivity (Wildman–Crippen MR) is 107 cm³/mol. The summed E-state index contributed by atoms with van der Waals surface area (Å²) in [6, 6.07) is 13.5. The van der Waals surface area contributed by atoms with E-state index < -0.39 is 0 Å². The van der Waals surface area contributed by atoms with Gasteiger partial charge in [0.25, 0.3) is 0 Å². The fourth-order valence-electron chi connectivity index (χ4n) is 3.04. The van der Waals surface area contributed by atoms with Gasteiger partial charge in [-0.3, -0.25) is 4.57 Å². The molecular weight excluding hydrogens is 359 g/mol. The molecule has 7 nitrogen and oxygen atoms in total. The quantitative estimate of drug-likeness (QED) is 0.548. The van der Waals surface area contributed by atoms with Gasteiger partial charge < -0.3 is 15.8 Å². The summed E-state index contributed by atoms with van der Waals surface area (Å²) in [7, 11) is 1.60. The maximum absolute atomic E-state index is 13.8. The Morgan fingerprint density at radius 1 is 1.11 bits per heavy atom. The van der Waals surface area contributed by atoms with Gasteiger partial charge in [-0.05, 0) is 24.3 Å². The Labute approximate surface area is 161 Å². The summed E-state index contributed by atoms with van der Waals surface area (Å²) < 4.78 is 20.9. The minimum Gasteiger partial charge on any atom is -0.497 e.